The molecule has 0 fully saturated rings. The zero-order chi connectivity index (χ0) is 19.0. The van der Waals surface area contributed by atoms with Gasteiger partial charge in [0, 0.05) is 26.7 Å². The SMILES string of the molecule is NC(N)=NC(=O)c1ccc2c3c(CO)cccc3n(Cc3cccs3)c2c1. The van der Waals surface area contributed by atoms with Crippen molar-refractivity contribution in [2.45, 2.75) is 13.2 Å². The second-order valence-electron chi connectivity index (χ2n) is 6.21. The number of hydrogen-bond acceptors (Lipinski definition) is 3. The highest BCUT2D eigenvalue weighted by molar-refractivity contribution is 7.09. The first-order valence-corrected chi connectivity index (χ1v) is 9.27. The number of nitrogens with two attached hydrogens (primary N) is 2. The van der Waals surface area contributed by atoms with Gasteiger partial charge in [-0.1, -0.05) is 24.3 Å². The van der Waals surface area contributed by atoms with Gasteiger partial charge in [0.15, 0.2) is 5.96 Å². The van der Waals surface area contributed by atoms with Gasteiger partial charge in [0.05, 0.1) is 18.7 Å². The molecule has 136 valence electrons. The monoisotopic (exact) mass is 378 g/mol. The normalized spacial score (nSPS) is 11.1. The van der Waals surface area contributed by atoms with Crippen molar-refractivity contribution in [1.29, 1.82) is 0 Å². The van der Waals surface area contributed by atoms with E-state index < -0.39 is 5.91 Å². The number of aliphatic imine (C=N–C) groups is 1. The van der Waals surface area contributed by atoms with Gasteiger partial charge in [-0.25, -0.2) is 0 Å². The molecule has 0 aliphatic rings. The molecule has 4 rings (SSSR count). The largest absolute Gasteiger partial charge is 0.392 e. The molecule has 0 saturated carbocycles. The van der Waals surface area contributed by atoms with Crippen LogP contribution in [0.1, 0.15) is 20.8 Å². The summed E-state index contributed by atoms with van der Waals surface area (Å²) >= 11 is 1.68. The molecule has 2 heterocycles. The number of hydrogen-bond donors (Lipinski definition) is 3. The van der Waals surface area contributed by atoms with Crippen LogP contribution in [0.25, 0.3) is 21.8 Å². The minimum absolute atomic E-state index is 0.0515. The maximum absolute atomic E-state index is 12.3. The Morgan fingerprint density at radius 2 is 1.96 bits per heavy atom. The van der Waals surface area contributed by atoms with Crippen molar-refractivity contribution in [2.75, 3.05) is 0 Å². The number of nitrogens with zero attached hydrogens (tertiary/aromatic N) is 2. The lowest BCUT2D eigenvalue weighted by molar-refractivity contribution is 0.100. The number of carbonyl (C=O) groups excluding carboxylic acids is 1. The molecule has 0 aliphatic heterocycles. The fourth-order valence-corrected chi connectivity index (χ4v) is 4.09. The number of aliphatic hydroxyl groups is 1. The van der Waals surface area contributed by atoms with Crippen LogP contribution in [0.4, 0.5) is 0 Å². The van der Waals surface area contributed by atoms with Crippen LogP contribution >= 0.6 is 11.3 Å². The first kappa shape index (κ1) is 17.3. The molecule has 0 saturated heterocycles. The van der Waals surface area contributed by atoms with Crippen LogP contribution in [0.15, 0.2) is 58.9 Å². The number of thiophene rings is 1. The van der Waals surface area contributed by atoms with Gasteiger partial charge < -0.3 is 21.1 Å². The molecule has 0 bridgehead atoms. The summed E-state index contributed by atoms with van der Waals surface area (Å²) in [5, 5.41) is 13.8. The minimum Gasteiger partial charge on any atom is -0.392 e. The number of benzene rings is 2. The fourth-order valence-electron chi connectivity index (χ4n) is 3.39. The molecule has 0 aliphatic carbocycles. The molecule has 5 N–H and O–H groups in total. The third-order valence-corrected chi connectivity index (χ3v) is 5.38. The summed E-state index contributed by atoms with van der Waals surface area (Å²) in [6, 6.07) is 15.4. The van der Waals surface area contributed by atoms with Gasteiger partial charge in [-0.2, -0.15) is 4.99 Å². The van der Waals surface area contributed by atoms with Gasteiger partial charge >= 0.3 is 0 Å². The Labute approximate surface area is 159 Å². The number of amides is 1. The van der Waals surface area contributed by atoms with Crippen molar-refractivity contribution in [2.24, 2.45) is 16.5 Å². The molecule has 0 unspecified atom stereocenters. The number of guanidine groups is 1. The molecule has 2 aromatic heterocycles. The number of fused-ring (bicyclic) bond motifs is 3. The third kappa shape index (κ3) is 3.07. The van der Waals surface area contributed by atoms with Crippen molar-refractivity contribution in [3.8, 4) is 0 Å². The predicted molar refractivity (Wildman–Crippen MR) is 109 cm³/mol. The van der Waals surface area contributed by atoms with E-state index in [0.717, 1.165) is 27.4 Å². The highest BCUT2D eigenvalue weighted by atomic mass is 32.1. The fraction of sp³-hybridized carbons (Fsp3) is 0.100. The standard InChI is InChI=1S/C20H18N4O2S/c21-20(22)23-19(26)12-6-7-15-17(9-12)24(10-14-4-2-8-27-14)16-5-1-3-13(11-25)18(15)16/h1-9,25H,10-11H2,(H4,21,22,23,26). The average Bonchev–Trinajstić information content (AvgIpc) is 3.28. The zero-order valence-corrected chi connectivity index (χ0v) is 15.2. The Morgan fingerprint density at radius 3 is 2.67 bits per heavy atom. The smallest absolute Gasteiger partial charge is 0.280 e. The summed E-state index contributed by atoms with van der Waals surface area (Å²) in [6.07, 6.45) is 0. The van der Waals surface area contributed by atoms with E-state index >= 15 is 0 Å². The lowest BCUT2D eigenvalue weighted by atomic mass is 10.1. The van der Waals surface area contributed by atoms with E-state index in [1.54, 1.807) is 23.5 Å². The van der Waals surface area contributed by atoms with E-state index in [1.807, 2.05) is 35.7 Å². The maximum atomic E-state index is 12.3. The molecule has 0 atom stereocenters. The molecule has 1 amide bonds. The number of aromatic nitrogens is 1. The Kier molecular flexibility index (Phi) is 4.39. The first-order valence-electron chi connectivity index (χ1n) is 8.39. The Bertz CT molecular complexity index is 1170. The van der Waals surface area contributed by atoms with Crippen molar-refractivity contribution in [3.63, 3.8) is 0 Å². The summed E-state index contributed by atoms with van der Waals surface area (Å²) in [5.41, 5.74) is 13.9. The van der Waals surface area contributed by atoms with E-state index in [2.05, 4.69) is 15.6 Å². The molecule has 2 aromatic carbocycles. The van der Waals surface area contributed by atoms with Gasteiger partial charge in [0.2, 0.25) is 0 Å². The van der Waals surface area contributed by atoms with Crippen LogP contribution < -0.4 is 11.5 Å². The minimum atomic E-state index is -0.479. The van der Waals surface area contributed by atoms with Crippen LogP contribution in [-0.2, 0) is 13.2 Å². The topological polar surface area (TPSA) is 107 Å². The second kappa shape index (κ2) is 6.86. The van der Waals surface area contributed by atoms with Crippen LogP contribution in [0, 0.1) is 0 Å². The van der Waals surface area contributed by atoms with E-state index in [0.29, 0.717) is 12.1 Å². The molecule has 27 heavy (non-hydrogen) atoms. The highest BCUT2D eigenvalue weighted by Gasteiger charge is 2.16. The third-order valence-electron chi connectivity index (χ3n) is 4.52. The van der Waals surface area contributed by atoms with Crippen molar-refractivity contribution in [3.05, 3.63) is 69.9 Å². The molecule has 0 spiro atoms. The van der Waals surface area contributed by atoms with Crippen LogP contribution in [0.2, 0.25) is 0 Å². The summed E-state index contributed by atoms with van der Waals surface area (Å²) in [4.78, 5) is 17.1. The van der Waals surface area contributed by atoms with Gasteiger partial charge in [0.1, 0.15) is 0 Å². The Morgan fingerprint density at radius 1 is 1.11 bits per heavy atom. The lowest BCUT2D eigenvalue weighted by Crippen LogP contribution is -2.24. The summed E-state index contributed by atoms with van der Waals surface area (Å²) in [7, 11) is 0. The van der Waals surface area contributed by atoms with E-state index in [1.165, 1.54) is 4.88 Å². The Balaban J connectivity index is 2.00. The van der Waals surface area contributed by atoms with Gasteiger partial charge in [-0.05, 0) is 35.2 Å². The van der Waals surface area contributed by atoms with Crippen molar-refractivity contribution in [1.82, 2.24) is 4.57 Å². The van der Waals surface area contributed by atoms with Gasteiger partial charge in [-0.3, -0.25) is 4.79 Å². The summed E-state index contributed by atoms with van der Waals surface area (Å²) in [5.74, 6) is -0.742. The van der Waals surface area contributed by atoms with Gasteiger partial charge in [0.25, 0.3) is 5.91 Å². The van der Waals surface area contributed by atoms with E-state index in [-0.39, 0.29) is 12.6 Å². The molecule has 0 radical (unpaired) electrons. The van der Waals surface area contributed by atoms with Crippen molar-refractivity contribution >= 4 is 45.0 Å². The molecule has 4 aromatic rings. The predicted octanol–water partition coefficient (Wildman–Crippen LogP) is 2.81. The molecule has 6 nitrogen and oxygen atoms in total. The average molecular weight is 378 g/mol. The maximum Gasteiger partial charge on any atom is 0.280 e. The molecular weight excluding hydrogens is 360 g/mol. The van der Waals surface area contributed by atoms with Crippen LogP contribution in [0.5, 0.6) is 0 Å². The Hall–Kier alpha value is -3.16. The zero-order valence-electron chi connectivity index (χ0n) is 14.4. The number of aliphatic hydroxyl groups excluding tert-OH is 1. The van der Waals surface area contributed by atoms with Crippen LogP contribution in [-0.4, -0.2) is 21.5 Å². The number of carbonyl (C=O) groups is 1. The van der Waals surface area contributed by atoms with Crippen molar-refractivity contribution < 1.29 is 9.90 Å². The first-order chi connectivity index (χ1) is 13.1. The lowest BCUT2D eigenvalue weighted by Gasteiger charge is -2.07. The molecular formula is C20H18N4O2S. The highest BCUT2D eigenvalue weighted by Crippen LogP contribution is 2.33. The van der Waals surface area contributed by atoms with Gasteiger partial charge in [-0.15, -0.1) is 11.3 Å². The summed E-state index contributed by atoms with van der Waals surface area (Å²) < 4.78 is 2.15. The summed E-state index contributed by atoms with van der Waals surface area (Å²) in [6.45, 7) is 0.622. The second-order valence-corrected chi connectivity index (χ2v) is 7.24. The van der Waals surface area contributed by atoms with Crippen LogP contribution in [0.3, 0.4) is 0 Å². The quantitative estimate of drug-likeness (QED) is 0.375. The van der Waals surface area contributed by atoms with E-state index in [9.17, 15) is 9.90 Å². The number of rotatable bonds is 4. The van der Waals surface area contributed by atoms with E-state index in [4.69, 9.17) is 11.5 Å². The molecule has 7 heteroatoms.